The molecule has 3 rings (SSSR count). The highest BCUT2D eigenvalue weighted by atomic mass is 32.2. The second-order valence-electron chi connectivity index (χ2n) is 8.66. The topological polar surface area (TPSA) is 95.6 Å². The smallest absolute Gasteiger partial charge is 0.243 e. The largest absolute Gasteiger partial charge is 0.326 e. The molecule has 2 aromatic rings. The lowest BCUT2D eigenvalue weighted by Crippen LogP contribution is -2.41. The number of benzene rings is 2. The number of piperidine rings is 1. The summed E-state index contributed by atoms with van der Waals surface area (Å²) in [6.45, 7) is 7.97. The number of hydrogen-bond donors (Lipinski definition) is 2. The minimum Gasteiger partial charge on any atom is -0.326 e. The van der Waals surface area contributed by atoms with E-state index in [1.807, 2.05) is 26.8 Å². The Bertz CT molecular complexity index is 1100. The van der Waals surface area contributed by atoms with Crippen molar-refractivity contribution in [3.63, 3.8) is 0 Å². The van der Waals surface area contributed by atoms with Crippen LogP contribution in [0, 0.1) is 25.7 Å². The van der Waals surface area contributed by atoms with Crippen molar-refractivity contribution in [1.29, 1.82) is 0 Å². The van der Waals surface area contributed by atoms with Crippen LogP contribution in [-0.4, -0.2) is 37.6 Å². The standard InChI is InChI=1S/C24H31N3O4S/c1-16(2)23(28)25-20-6-5-7-21(15-20)26-24(29)19-10-12-27(13-11-19)32(30,31)22-9-8-17(3)14-18(22)4/h5-9,14-16,19H,10-13H2,1-4H3,(H,25,28)(H,26,29). The van der Waals surface area contributed by atoms with Crippen molar-refractivity contribution < 1.29 is 18.0 Å². The molecule has 1 saturated heterocycles. The summed E-state index contributed by atoms with van der Waals surface area (Å²) >= 11 is 0. The van der Waals surface area contributed by atoms with Crippen LogP contribution in [0.15, 0.2) is 47.4 Å². The highest BCUT2D eigenvalue weighted by Crippen LogP contribution is 2.27. The number of carbonyl (C=O) groups is 2. The van der Waals surface area contributed by atoms with Gasteiger partial charge in [-0.05, 0) is 56.5 Å². The van der Waals surface area contributed by atoms with Gasteiger partial charge in [0.2, 0.25) is 21.8 Å². The van der Waals surface area contributed by atoms with Crippen LogP contribution in [0.5, 0.6) is 0 Å². The minimum atomic E-state index is -3.58. The van der Waals surface area contributed by atoms with E-state index >= 15 is 0 Å². The van der Waals surface area contributed by atoms with Gasteiger partial charge in [0.15, 0.2) is 0 Å². The van der Waals surface area contributed by atoms with E-state index in [-0.39, 0.29) is 23.7 Å². The van der Waals surface area contributed by atoms with Gasteiger partial charge in [0, 0.05) is 36.3 Å². The third-order valence-corrected chi connectivity index (χ3v) is 7.75. The van der Waals surface area contributed by atoms with E-state index in [4.69, 9.17) is 0 Å². The highest BCUT2D eigenvalue weighted by molar-refractivity contribution is 7.89. The average Bonchev–Trinajstić information content (AvgIpc) is 2.73. The molecule has 0 spiro atoms. The maximum atomic E-state index is 13.1. The molecule has 7 nitrogen and oxygen atoms in total. The monoisotopic (exact) mass is 457 g/mol. The van der Waals surface area contributed by atoms with Crippen LogP contribution in [0.3, 0.4) is 0 Å². The maximum absolute atomic E-state index is 13.1. The highest BCUT2D eigenvalue weighted by Gasteiger charge is 2.32. The van der Waals surface area contributed by atoms with E-state index in [0.29, 0.717) is 42.2 Å². The first-order valence-electron chi connectivity index (χ1n) is 10.9. The van der Waals surface area contributed by atoms with E-state index < -0.39 is 10.0 Å². The number of carbonyl (C=O) groups excluding carboxylic acids is 2. The molecule has 2 aromatic carbocycles. The van der Waals surface area contributed by atoms with Gasteiger partial charge >= 0.3 is 0 Å². The van der Waals surface area contributed by atoms with Crippen LogP contribution in [0.4, 0.5) is 11.4 Å². The van der Waals surface area contributed by atoms with Crippen molar-refractivity contribution in [2.75, 3.05) is 23.7 Å². The Morgan fingerprint density at radius 3 is 2.19 bits per heavy atom. The van der Waals surface area contributed by atoms with E-state index in [0.717, 1.165) is 11.1 Å². The van der Waals surface area contributed by atoms with Gasteiger partial charge < -0.3 is 10.6 Å². The summed E-state index contributed by atoms with van der Waals surface area (Å²) < 4.78 is 27.6. The molecule has 0 aromatic heterocycles. The fourth-order valence-corrected chi connectivity index (χ4v) is 5.47. The van der Waals surface area contributed by atoms with Crippen LogP contribution in [0.2, 0.25) is 0 Å². The predicted octanol–water partition coefficient (Wildman–Crippen LogP) is 3.94. The third kappa shape index (κ3) is 5.55. The van der Waals surface area contributed by atoms with Crippen LogP contribution < -0.4 is 10.6 Å². The summed E-state index contributed by atoms with van der Waals surface area (Å²) in [6.07, 6.45) is 0.916. The molecule has 0 radical (unpaired) electrons. The first-order valence-corrected chi connectivity index (χ1v) is 12.3. The normalized spacial score (nSPS) is 15.5. The molecule has 0 atom stereocenters. The summed E-state index contributed by atoms with van der Waals surface area (Å²) in [5.74, 6) is -0.639. The summed E-state index contributed by atoms with van der Waals surface area (Å²) in [6, 6.07) is 12.4. The van der Waals surface area contributed by atoms with Crippen molar-refractivity contribution in [2.24, 2.45) is 11.8 Å². The summed E-state index contributed by atoms with van der Waals surface area (Å²) in [5.41, 5.74) is 2.97. The number of nitrogens with one attached hydrogen (secondary N) is 2. The molecule has 172 valence electrons. The number of sulfonamides is 1. The molecule has 32 heavy (non-hydrogen) atoms. The van der Waals surface area contributed by atoms with Crippen LogP contribution >= 0.6 is 0 Å². The molecule has 2 amide bonds. The molecule has 2 N–H and O–H groups in total. The zero-order valence-electron chi connectivity index (χ0n) is 19.0. The lowest BCUT2D eigenvalue weighted by Gasteiger charge is -2.31. The minimum absolute atomic E-state index is 0.0918. The quantitative estimate of drug-likeness (QED) is 0.687. The lowest BCUT2D eigenvalue weighted by molar-refractivity contribution is -0.121. The third-order valence-electron chi connectivity index (χ3n) is 5.69. The van der Waals surface area contributed by atoms with Crippen molar-refractivity contribution in [1.82, 2.24) is 4.31 Å². The predicted molar refractivity (Wildman–Crippen MR) is 126 cm³/mol. The Kier molecular flexibility index (Phi) is 7.36. The van der Waals surface area contributed by atoms with Gasteiger partial charge in [-0.1, -0.05) is 37.6 Å². The Labute approximate surface area is 190 Å². The van der Waals surface area contributed by atoms with Crippen LogP contribution in [0.1, 0.15) is 37.8 Å². The second-order valence-corrected chi connectivity index (χ2v) is 10.6. The number of anilines is 2. The zero-order chi connectivity index (χ0) is 23.5. The number of hydrogen-bond acceptors (Lipinski definition) is 4. The number of rotatable bonds is 6. The Balaban J connectivity index is 1.61. The SMILES string of the molecule is Cc1ccc(S(=O)(=O)N2CCC(C(=O)Nc3cccc(NC(=O)C(C)C)c3)CC2)c(C)c1. The van der Waals surface area contributed by atoms with E-state index in [9.17, 15) is 18.0 Å². The van der Waals surface area contributed by atoms with Crippen molar-refractivity contribution in [2.45, 2.75) is 45.4 Å². The molecule has 1 fully saturated rings. The summed E-state index contributed by atoms with van der Waals surface area (Å²) in [4.78, 5) is 25.0. The maximum Gasteiger partial charge on any atom is 0.243 e. The van der Waals surface area contributed by atoms with Crippen molar-refractivity contribution in [3.8, 4) is 0 Å². The summed E-state index contributed by atoms with van der Waals surface area (Å²) in [7, 11) is -3.58. The molecule has 1 heterocycles. The fraction of sp³-hybridized carbons (Fsp3) is 0.417. The van der Waals surface area contributed by atoms with Crippen molar-refractivity contribution in [3.05, 3.63) is 53.6 Å². The Morgan fingerprint density at radius 1 is 0.969 bits per heavy atom. The number of aryl methyl sites for hydroxylation is 2. The summed E-state index contributed by atoms with van der Waals surface area (Å²) in [5, 5.41) is 5.71. The first kappa shape index (κ1) is 23.9. The molecular weight excluding hydrogens is 426 g/mol. The fourth-order valence-electron chi connectivity index (χ4n) is 3.79. The van der Waals surface area contributed by atoms with Gasteiger partial charge in [-0.3, -0.25) is 9.59 Å². The van der Waals surface area contributed by atoms with Gasteiger partial charge in [-0.25, -0.2) is 8.42 Å². The van der Waals surface area contributed by atoms with Crippen LogP contribution in [-0.2, 0) is 19.6 Å². The molecule has 0 aliphatic carbocycles. The van der Waals surface area contributed by atoms with Crippen molar-refractivity contribution >= 4 is 33.2 Å². The average molecular weight is 458 g/mol. The molecule has 1 aliphatic rings. The molecule has 0 bridgehead atoms. The lowest BCUT2D eigenvalue weighted by atomic mass is 9.97. The van der Waals surface area contributed by atoms with E-state index in [1.54, 1.807) is 43.3 Å². The zero-order valence-corrected chi connectivity index (χ0v) is 19.8. The first-order chi connectivity index (χ1) is 15.1. The number of amides is 2. The van der Waals surface area contributed by atoms with E-state index in [1.165, 1.54) is 4.31 Å². The van der Waals surface area contributed by atoms with Gasteiger partial charge in [-0.15, -0.1) is 0 Å². The number of nitrogens with zero attached hydrogens (tertiary/aromatic N) is 1. The van der Waals surface area contributed by atoms with Gasteiger partial charge in [0.1, 0.15) is 0 Å². The van der Waals surface area contributed by atoms with Gasteiger partial charge in [0.25, 0.3) is 0 Å². The molecule has 0 unspecified atom stereocenters. The van der Waals surface area contributed by atoms with Crippen LogP contribution in [0.25, 0.3) is 0 Å². The second kappa shape index (κ2) is 9.83. The van der Waals surface area contributed by atoms with E-state index in [2.05, 4.69) is 10.6 Å². The molecular formula is C24H31N3O4S. The Hall–Kier alpha value is -2.71. The molecule has 0 saturated carbocycles. The van der Waals surface area contributed by atoms with Gasteiger partial charge in [-0.2, -0.15) is 4.31 Å². The van der Waals surface area contributed by atoms with Gasteiger partial charge in [0.05, 0.1) is 4.90 Å². The molecule has 8 heteroatoms. The molecule has 1 aliphatic heterocycles. The Morgan fingerprint density at radius 2 is 1.59 bits per heavy atom.